The molecule has 138 valence electrons. The van der Waals surface area contributed by atoms with E-state index in [1.807, 2.05) is 0 Å². The summed E-state index contributed by atoms with van der Waals surface area (Å²) >= 11 is 5.95. The summed E-state index contributed by atoms with van der Waals surface area (Å²) in [5.74, 6) is -0.409. The Morgan fingerprint density at radius 3 is 2.81 bits per heavy atom. The van der Waals surface area contributed by atoms with Crippen LogP contribution < -0.4 is 14.8 Å². The van der Waals surface area contributed by atoms with E-state index in [0.29, 0.717) is 17.2 Å². The maximum atomic E-state index is 12.4. The lowest BCUT2D eigenvalue weighted by Crippen LogP contribution is -2.37. The zero-order chi connectivity index (χ0) is 18.7. The lowest BCUT2D eigenvalue weighted by molar-refractivity contribution is -0.274. The SMILES string of the molecule is O=C(NCc1ccccc1OC(F)(F)F)C1COc2ccc(Cl)cc2C1. The minimum Gasteiger partial charge on any atom is -0.492 e. The number of hydrogen-bond acceptors (Lipinski definition) is 3. The Kier molecular flexibility index (Phi) is 5.27. The van der Waals surface area contributed by atoms with Gasteiger partial charge in [0.05, 0.1) is 5.92 Å². The fraction of sp³-hybridized carbons (Fsp3) is 0.278. The molecule has 4 nitrogen and oxygen atoms in total. The van der Waals surface area contributed by atoms with Crippen LogP contribution in [0.15, 0.2) is 42.5 Å². The topological polar surface area (TPSA) is 47.6 Å². The lowest BCUT2D eigenvalue weighted by atomic mass is 9.96. The minimum absolute atomic E-state index is 0.0794. The van der Waals surface area contributed by atoms with E-state index in [2.05, 4.69) is 10.1 Å². The first kappa shape index (κ1) is 18.4. The molecule has 1 aliphatic rings. The first-order chi connectivity index (χ1) is 12.3. The Labute approximate surface area is 152 Å². The zero-order valence-corrected chi connectivity index (χ0v) is 14.2. The fourth-order valence-electron chi connectivity index (χ4n) is 2.73. The number of amides is 1. The van der Waals surface area contributed by atoms with Gasteiger partial charge in [0.15, 0.2) is 0 Å². The lowest BCUT2D eigenvalue weighted by Gasteiger charge is -2.25. The van der Waals surface area contributed by atoms with Gasteiger partial charge in [0.1, 0.15) is 18.1 Å². The van der Waals surface area contributed by atoms with Crippen molar-refractivity contribution in [2.24, 2.45) is 5.92 Å². The molecule has 1 atom stereocenters. The molecule has 0 aromatic heterocycles. The van der Waals surface area contributed by atoms with Crippen LogP contribution >= 0.6 is 11.6 Å². The molecule has 1 N–H and O–H groups in total. The third kappa shape index (κ3) is 4.60. The second kappa shape index (κ2) is 7.45. The van der Waals surface area contributed by atoms with Crippen molar-refractivity contribution < 1.29 is 27.4 Å². The summed E-state index contributed by atoms with van der Waals surface area (Å²) in [5.41, 5.74) is 1.06. The third-order valence-electron chi connectivity index (χ3n) is 3.95. The zero-order valence-electron chi connectivity index (χ0n) is 13.5. The van der Waals surface area contributed by atoms with E-state index in [1.165, 1.54) is 18.2 Å². The highest BCUT2D eigenvalue weighted by Crippen LogP contribution is 2.30. The van der Waals surface area contributed by atoms with Crippen LogP contribution in [-0.2, 0) is 17.8 Å². The Balaban J connectivity index is 1.63. The van der Waals surface area contributed by atoms with Crippen molar-refractivity contribution in [3.8, 4) is 11.5 Å². The summed E-state index contributed by atoms with van der Waals surface area (Å²) in [6.45, 7) is 0.116. The molecule has 1 aliphatic heterocycles. The number of rotatable bonds is 4. The number of halogens is 4. The average Bonchev–Trinajstić information content (AvgIpc) is 2.58. The molecule has 0 saturated carbocycles. The van der Waals surface area contributed by atoms with Gasteiger partial charge in [-0.3, -0.25) is 4.79 Å². The molecule has 2 aromatic rings. The maximum absolute atomic E-state index is 12.4. The van der Waals surface area contributed by atoms with E-state index in [1.54, 1.807) is 24.3 Å². The van der Waals surface area contributed by atoms with Gasteiger partial charge >= 0.3 is 6.36 Å². The monoisotopic (exact) mass is 385 g/mol. The van der Waals surface area contributed by atoms with Crippen LogP contribution in [0, 0.1) is 5.92 Å². The van der Waals surface area contributed by atoms with Crippen LogP contribution in [0.5, 0.6) is 11.5 Å². The Morgan fingerprint density at radius 2 is 2.04 bits per heavy atom. The van der Waals surface area contributed by atoms with Gasteiger partial charge in [0.25, 0.3) is 0 Å². The van der Waals surface area contributed by atoms with Gasteiger partial charge in [-0.05, 0) is 36.2 Å². The molecular formula is C18H15ClF3NO3. The number of carbonyl (C=O) groups excluding carboxylic acids is 1. The van der Waals surface area contributed by atoms with E-state index in [-0.39, 0.29) is 30.4 Å². The molecule has 3 rings (SSSR count). The smallest absolute Gasteiger partial charge is 0.492 e. The van der Waals surface area contributed by atoms with Crippen molar-refractivity contribution in [1.82, 2.24) is 5.32 Å². The van der Waals surface area contributed by atoms with Gasteiger partial charge in [-0.15, -0.1) is 13.2 Å². The van der Waals surface area contributed by atoms with Crippen molar-refractivity contribution in [3.05, 3.63) is 58.6 Å². The minimum atomic E-state index is -4.79. The Hall–Kier alpha value is -2.41. The van der Waals surface area contributed by atoms with Gasteiger partial charge in [-0.2, -0.15) is 0 Å². The molecule has 8 heteroatoms. The molecule has 0 fully saturated rings. The summed E-state index contributed by atoms with van der Waals surface area (Å²) in [4.78, 5) is 12.4. The molecule has 0 aliphatic carbocycles. The number of benzene rings is 2. The number of hydrogen-bond donors (Lipinski definition) is 1. The van der Waals surface area contributed by atoms with Crippen molar-refractivity contribution >= 4 is 17.5 Å². The van der Waals surface area contributed by atoms with Crippen LogP contribution in [0.25, 0.3) is 0 Å². The predicted molar refractivity (Wildman–Crippen MR) is 89.1 cm³/mol. The van der Waals surface area contributed by atoms with E-state index >= 15 is 0 Å². The number of nitrogens with one attached hydrogen (secondary N) is 1. The molecule has 0 spiro atoms. The number of fused-ring (bicyclic) bond motifs is 1. The number of alkyl halides is 3. The maximum Gasteiger partial charge on any atom is 0.573 e. The molecule has 0 radical (unpaired) electrons. The standard InChI is InChI=1S/C18H15ClF3NO3/c19-14-5-6-15-12(8-14)7-13(10-25-15)17(24)23-9-11-3-1-2-4-16(11)26-18(20,21)22/h1-6,8,13H,7,9-10H2,(H,23,24). The van der Waals surface area contributed by atoms with Gasteiger partial charge in [-0.25, -0.2) is 0 Å². The second-order valence-electron chi connectivity index (χ2n) is 5.84. The first-order valence-corrected chi connectivity index (χ1v) is 8.22. The summed E-state index contributed by atoms with van der Waals surface area (Å²) in [6, 6.07) is 10.9. The highest BCUT2D eigenvalue weighted by molar-refractivity contribution is 6.30. The molecule has 26 heavy (non-hydrogen) atoms. The highest BCUT2D eigenvalue weighted by Gasteiger charge is 2.32. The Bertz CT molecular complexity index is 811. The Morgan fingerprint density at radius 1 is 1.27 bits per heavy atom. The van der Waals surface area contributed by atoms with E-state index in [9.17, 15) is 18.0 Å². The summed E-state index contributed by atoms with van der Waals surface area (Å²) < 4.78 is 46.9. The van der Waals surface area contributed by atoms with Crippen LogP contribution in [0.3, 0.4) is 0 Å². The van der Waals surface area contributed by atoms with Crippen molar-refractivity contribution in [1.29, 1.82) is 0 Å². The van der Waals surface area contributed by atoms with E-state index < -0.39 is 12.3 Å². The van der Waals surface area contributed by atoms with Gasteiger partial charge < -0.3 is 14.8 Å². The summed E-state index contributed by atoms with van der Waals surface area (Å²) in [7, 11) is 0. The molecule has 2 aromatic carbocycles. The third-order valence-corrected chi connectivity index (χ3v) is 4.19. The molecule has 1 heterocycles. The first-order valence-electron chi connectivity index (χ1n) is 7.84. The van der Waals surface area contributed by atoms with Crippen molar-refractivity contribution in [2.45, 2.75) is 19.3 Å². The molecule has 1 unspecified atom stereocenters. The molecule has 0 bridgehead atoms. The summed E-state index contributed by atoms with van der Waals surface area (Å²) in [6.07, 6.45) is -4.34. The second-order valence-corrected chi connectivity index (χ2v) is 6.27. The number of carbonyl (C=O) groups is 1. The van der Waals surface area contributed by atoms with E-state index in [0.717, 1.165) is 5.56 Å². The van der Waals surface area contributed by atoms with Crippen molar-refractivity contribution in [3.63, 3.8) is 0 Å². The average molecular weight is 386 g/mol. The van der Waals surface area contributed by atoms with Crippen LogP contribution in [0.2, 0.25) is 5.02 Å². The van der Waals surface area contributed by atoms with E-state index in [4.69, 9.17) is 16.3 Å². The normalized spacial score (nSPS) is 16.4. The van der Waals surface area contributed by atoms with Crippen LogP contribution in [0.1, 0.15) is 11.1 Å². The quantitative estimate of drug-likeness (QED) is 0.861. The molecule has 1 amide bonds. The highest BCUT2D eigenvalue weighted by atomic mass is 35.5. The van der Waals surface area contributed by atoms with Crippen molar-refractivity contribution in [2.75, 3.05) is 6.61 Å². The van der Waals surface area contributed by atoms with Gasteiger partial charge in [0.2, 0.25) is 5.91 Å². The predicted octanol–water partition coefficient (Wildman–Crippen LogP) is 4.11. The molecule has 0 saturated heterocycles. The number of ether oxygens (including phenoxy) is 2. The number of para-hydroxylation sites is 1. The largest absolute Gasteiger partial charge is 0.573 e. The fourth-order valence-corrected chi connectivity index (χ4v) is 2.93. The van der Waals surface area contributed by atoms with Gasteiger partial charge in [-0.1, -0.05) is 29.8 Å². The molecular weight excluding hydrogens is 371 g/mol. The van der Waals surface area contributed by atoms with Crippen LogP contribution in [-0.4, -0.2) is 18.9 Å². The van der Waals surface area contributed by atoms with Crippen LogP contribution in [0.4, 0.5) is 13.2 Å². The van der Waals surface area contributed by atoms with Gasteiger partial charge in [0, 0.05) is 17.1 Å². The summed E-state index contributed by atoms with van der Waals surface area (Å²) in [5, 5.41) is 3.19.